The Morgan fingerprint density at radius 1 is 1.22 bits per heavy atom. The molecule has 0 bridgehead atoms. The van der Waals surface area contributed by atoms with Gasteiger partial charge in [0.2, 0.25) is 5.91 Å². The van der Waals surface area contributed by atoms with Crippen LogP contribution in [0.4, 0.5) is 0 Å². The third-order valence-corrected chi connectivity index (χ3v) is 7.82. The van der Waals surface area contributed by atoms with Crippen molar-refractivity contribution >= 4 is 33.5 Å². The van der Waals surface area contributed by atoms with E-state index >= 15 is 0 Å². The monoisotopic (exact) mass is 365 g/mol. The maximum Gasteiger partial charge on any atom is 0.313 e. The summed E-state index contributed by atoms with van der Waals surface area (Å²) in [4.78, 5) is 22.8. The maximum atomic E-state index is 12.8. The SMILES string of the molecule is CC(C)C(C(=O)NCCSCC(=O)O)S(=O)(=O)C1CCCCC1. The largest absolute Gasteiger partial charge is 0.481 e. The van der Waals surface area contributed by atoms with Crippen LogP contribution in [0.3, 0.4) is 0 Å². The van der Waals surface area contributed by atoms with Gasteiger partial charge < -0.3 is 10.4 Å². The molecule has 1 rings (SSSR count). The topological polar surface area (TPSA) is 101 Å². The third-order valence-electron chi connectivity index (χ3n) is 4.01. The predicted octanol–water partition coefficient (Wildman–Crippen LogP) is 1.69. The second kappa shape index (κ2) is 9.52. The van der Waals surface area contributed by atoms with E-state index in [-0.39, 0.29) is 18.2 Å². The summed E-state index contributed by atoms with van der Waals surface area (Å²) in [5.74, 6) is -1.22. The Morgan fingerprint density at radius 2 is 1.83 bits per heavy atom. The molecule has 1 atom stereocenters. The smallest absolute Gasteiger partial charge is 0.313 e. The fourth-order valence-corrected chi connectivity index (χ4v) is 6.05. The Kier molecular flexibility index (Phi) is 8.39. The van der Waals surface area contributed by atoms with Crippen LogP contribution in [0.1, 0.15) is 46.0 Å². The molecule has 1 saturated carbocycles. The van der Waals surface area contributed by atoms with Crippen molar-refractivity contribution in [2.75, 3.05) is 18.1 Å². The van der Waals surface area contributed by atoms with Crippen molar-refractivity contribution in [1.82, 2.24) is 5.32 Å². The van der Waals surface area contributed by atoms with Crippen LogP contribution in [0.15, 0.2) is 0 Å². The molecular weight excluding hydrogens is 338 g/mol. The minimum atomic E-state index is -3.49. The molecule has 0 spiro atoms. The number of thioether (sulfide) groups is 1. The molecule has 0 aromatic heterocycles. The van der Waals surface area contributed by atoms with Gasteiger partial charge >= 0.3 is 5.97 Å². The van der Waals surface area contributed by atoms with Crippen molar-refractivity contribution in [1.29, 1.82) is 0 Å². The average Bonchev–Trinajstić information content (AvgIpc) is 2.46. The molecule has 134 valence electrons. The van der Waals surface area contributed by atoms with Crippen molar-refractivity contribution in [3.8, 4) is 0 Å². The van der Waals surface area contributed by atoms with Gasteiger partial charge in [-0.3, -0.25) is 9.59 Å². The first-order chi connectivity index (χ1) is 10.8. The highest BCUT2D eigenvalue weighted by molar-refractivity contribution is 7.99. The Hall–Kier alpha value is -0.760. The van der Waals surface area contributed by atoms with Crippen LogP contribution in [-0.4, -0.2) is 54.0 Å². The molecule has 1 amide bonds. The number of carboxylic acids is 1. The minimum Gasteiger partial charge on any atom is -0.481 e. The van der Waals surface area contributed by atoms with Gasteiger partial charge in [0.05, 0.1) is 11.0 Å². The number of rotatable bonds is 9. The van der Waals surface area contributed by atoms with E-state index in [1.807, 2.05) is 0 Å². The van der Waals surface area contributed by atoms with E-state index in [4.69, 9.17) is 5.11 Å². The summed E-state index contributed by atoms with van der Waals surface area (Å²) < 4.78 is 25.6. The second-order valence-corrected chi connectivity index (χ2v) is 9.71. The first-order valence-electron chi connectivity index (χ1n) is 8.06. The van der Waals surface area contributed by atoms with E-state index < -0.39 is 32.2 Å². The predicted molar refractivity (Wildman–Crippen MR) is 92.4 cm³/mol. The number of carbonyl (C=O) groups is 2. The van der Waals surface area contributed by atoms with Crippen LogP contribution in [0.2, 0.25) is 0 Å². The standard InChI is InChI=1S/C15H27NO5S2/c1-11(2)14(15(19)16-8-9-22-10-13(17)18)23(20,21)12-6-4-3-5-7-12/h11-12,14H,3-10H2,1-2H3,(H,16,19)(H,17,18). The van der Waals surface area contributed by atoms with Crippen molar-refractivity contribution in [2.24, 2.45) is 5.92 Å². The van der Waals surface area contributed by atoms with Gasteiger partial charge in [-0.1, -0.05) is 33.1 Å². The van der Waals surface area contributed by atoms with Gasteiger partial charge in [0, 0.05) is 12.3 Å². The zero-order valence-corrected chi connectivity index (χ0v) is 15.4. The lowest BCUT2D eigenvalue weighted by Crippen LogP contribution is -2.47. The molecule has 2 N–H and O–H groups in total. The molecule has 1 fully saturated rings. The summed E-state index contributed by atoms with van der Waals surface area (Å²) in [7, 11) is -3.49. The fourth-order valence-electron chi connectivity index (χ4n) is 2.94. The normalized spacial score (nSPS) is 17.9. The summed E-state index contributed by atoms with van der Waals surface area (Å²) in [6, 6.07) is 0. The van der Waals surface area contributed by atoms with Crippen LogP contribution >= 0.6 is 11.8 Å². The highest BCUT2D eigenvalue weighted by Gasteiger charge is 2.40. The van der Waals surface area contributed by atoms with Crippen LogP contribution in [0.25, 0.3) is 0 Å². The van der Waals surface area contributed by atoms with Gasteiger partial charge in [0.25, 0.3) is 0 Å². The quantitative estimate of drug-likeness (QED) is 0.603. The summed E-state index contributed by atoms with van der Waals surface area (Å²) in [6.45, 7) is 3.79. The molecule has 0 aromatic rings. The number of carbonyl (C=O) groups excluding carboxylic acids is 1. The average molecular weight is 366 g/mol. The van der Waals surface area contributed by atoms with Crippen molar-refractivity contribution in [2.45, 2.75) is 56.5 Å². The van der Waals surface area contributed by atoms with Gasteiger partial charge in [-0.15, -0.1) is 11.8 Å². The molecule has 0 radical (unpaired) electrons. The summed E-state index contributed by atoms with van der Waals surface area (Å²) in [5.41, 5.74) is 0. The first-order valence-corrected chi connectivity index (χ1v) is 10.8. The molecule has 6 nitrogen and oxygen atoms in total. The van der Waals surface area contributed by atoms with E-state index in [1.165, 1.54) is 11.8 Å². The molecule has 23 heavy (non-hydrogen) atoms. The highest BCUT2D eigenvalue weighted by atomic mass is 32.2. The first kappa shape index (κ1) is 20.3. The van der Waals surface area contributed by atoms with Crippen molar-refractivity contribution in [3.05, 3.63) is 0 Å². The van der Waals surface area contributed by atoms with Gasteiger partial charge in [-0.25, -0.2) is 8.42 Å². The van der Waals surface area contributed by atoms with E-state index in [1.54, 1.807) is 13.8 Å². The molecule has 0 saturated heterocycles. The lowest BCUT2D eigenvalue weighted by atomic mass is 10.0. The summed E-state index contributed by atoms with van der Waals surface area (Å²) in [6.07, 6.45) is 4.16. The second-order valence-electron chi connectivity index (χ2n) is 6.25. The van der Waals surface area contributed by atoms with E-state index in [9.17, 15) is 18.0 Å². The third kappa shape index (κ3) is 6.33. The maximum absolute atomic E-state index is 12.8. The van der Waals surface area contributed by atoms with Crippen LogP contribution < -0.4 is 5.32 Å². The van der Waals surface area contributed by atoms with E-state index in [2.05, 4.69) is 5.32 Å². The van der Waals surface area contributed by atoms with Crippen LogP contribution in [-0.2, 0) is 19.4 Å². The molecule has 0 aliphatic heterocycles. The molecule has 0 aromatic carbocycles. The van der Waals surface area contributed by atoms with E-state index in [0.717, 1.165) is 19.3 Å². The zero-order chi connectivity index (χ0) is 17.5. The number of hydrogen-bond donors (Lipinski definition) is 2. The number of carboxylic acid groups (broad SMARTS) is 1. The number of aliphatic carboxylic acids is 1. The molecule has 1 aliphatic rings. The Morgan fingerprint density at radius 3 is 2.35 bits per heavy atom. The van der Waals surface area contributed by atoms with Crippen LogP contribution in [0, 0.1) is 5.92 Å². The van der Waals surface area contributed by atoms with Gasteiger partial charge in [-0.2, -0.15) is 0 Å². The molecular formula is C15H27NO5S2. The Labute approximate surface area is 142 Å². The molecule has 0 heterocycles. The lowest BCUT2D eigenvalue weighted by molar-refractivity contribution is -0.133. The zero-order valence-electron chi connectivity index (χ0n) is 13.8. The number of amides is 1. The number of sulfone groups is 1. The lowest BCUT2D eigenvalue weighted by Gasteiger charge is -2.28. The molecule has 1 unspecified atom stereocenters. The van der Waals surface area contributed by atoms with Gasteiger partial charge in [0.15, 0.2) is 9.84 Å². The van der Waals surface area contributed by atoms with E-state index in [0.29, 0.717) is 18.6 Å². The summed E-state index contributed by atoms with van der Waals surface area (Å²) >= 11 is 1.20. The van der Waals surface area contributed by atoms with Crippen molar-refractivity contribution in [3.63, 3.8) is 0 Å². The fraction of sp³-hybridized carbons (Fsp3) is 0.867. The van der Waals surface area contributed by atoms with Gasteiger partial charge in [0.1, 0.15) is 5.25 Å². The molecule has 8 heteroatoms. The van der Waals surface area contributed by atoms with Crippen molar-refractivity contribution < 1.29 is 23.1 Å². The van der Waals surface area contributed by atoms with Gasteiger partial charge in [-0.05, 0) is 18.8 Å². The number of nitrogens with one attached hydrogen (secondary N) is 1. The Bertz CT molecular complexity index is 498. The summed E-state index contributed by atoms with van der Waals surface area (Å²) in [5, 5.41) is 9.77. The van der Waals surface area contributed by atoms with Crippen LogP contribution in [0.5, 0.6) is 0 Å². The highest BCUT2D eigenvalue weighted by Crippen LogP contribution is 2.29. The number of hydrogen-bond acceptors (Lipinski definition) is 5. The Balaban J connectivity index is 2.62. The molecule has 1 aliphatic carbocycles. The minimum absolute atomic E-state index is 0.0240.